The maximum Gasteiger partial charge on any atom is 0.303 e. The van der Waals surface area contributed by atoms with E-state index in [2.05, 4.69) is 32.6 Å². The van der Waals surface area contributed by atoms with Gasteiger partial charge in [-0.3, -0.25) is 14.4 Å². The van der Waals surface area contributed by atoms with E-state index in [-0.39, 0.29) is 29.4 Å². The molecule has 218 valence electrons. The number of fused-ring (bicyclic) bond motifs is 1. The van der Waals surface area contributed by atoms with Gasteiger partial charge >= 0.3 is 17.9 Å². The Balaban J connectivity index is 1.71. The van der Waals surface area contributed by atoms with Crippen molar-refractivity contribution in [3.05, 3.63) is 35.5 Å². The minimum absolute atomic E-state index is 0.212. The highest BCUT2D eigenvalue weighted by atomic mass is 16.6. The molecule has 0 aliphatic heterocycles. The molecule has 0 unspecified atom stereocenters. The predicted octanol–water partition coefficient (Wildman–Crippen LogP) is 7.42. The molecule has 0 aromatic heterocycles. The third-order valence-electron chi connectivity index (χ3n) is 9.45. The van der Waals surface area contributed by atoms with Gasteiger partial charge in [0.25, 0.3) is 0 Å². The molecule has 3 fully saturated rings. The Bertz CT molecular complexity index is 1000. The number of rotatable bonds is 9. The van der Waals surface area contributed by atoms with E-state index in [1.807, 2.05) is 13.8 Å². The van der Waals surface area contributed by atoms with Crippen LogP contribution in [-0.4, -0.2) is 35.7 Å². The van der Waals surface area contributed by atoms with Gasteiger partial charge in [0, 0.05) is 33.6 Å². The Hall–Kier alpha value is -2.37. The summed E-state index contributed by atoms with van der Waals surface area (Å²) in [6.07, 6.45) is 13.8. The van der Waals surface area contributed by atoms with Gasteiger partial charge in [-0.1, -0.05) is 44.6 Å². The van der Waals surface area contributed by atoms with E-state index in [4.69, 9.17) is 14.2 Å². The molecule has 3 aliphatic carbocycles. The van der Waals surface area contributed by atoms with E-state index in [0.717, 1.165) is 36.8 Å². The molecule has 6 nitrogen and oxygen atoms in total. The minimum Gasteiger partial charge on any atom is -0.462 e. The topological polar surface area (TPSA) is 78.9 Å². The van der Waals surface area contributed by atoms with Crippen molar-refractivity contribution in [2.75, 3.05) is 0 Å². The molecular weight excluding hydrogens is 492 g/mol. The molecule has 39 heavy (non-hydrogen) atoms. The monoisotopic (exact) mass is 542 g/mol. The van der Waals surface area contributed by atoms with E-state index < -0.39 is 11.7 Å². The van der Waals surface area contributed by atoms with Gasteiger partial charge in [0.05, 0.1) is 0 Å². The average molecular weight is 543 g/mol. The first-order valence-corrected chi connectivity index (χ1v) is 14.8. The van der Waals surface area contributed by atoms with E-state index >= 15 is 0 Å². The summed E-state index contributed by atoms with van der Waals surface area (Å²) >= 11 is 0. The van der Waals surface area contributed by atoms with Gasteiger partial charge in [0.2, 0.25) is 0 Å². The minimum atomic E-state index is -0.468. The highest BCUT2D eigenvalue weighted by Gasteiger charge is 2.50. The summed E-state index contributed by atoms with van der Waals surface area (Å²) in [6.45, 7) is 17.5. The fourth-order valence-electron chi connectivity index (χ4n) is 7.78. The first-order valence-electron chi connectivity index (χ1n) is 14.8. The van der Waals surface area contributed by atoms with Crippen molar-refractivity contribution >= 4 is 17.9 Å². The summed E-state index contributed by atoms with van der Waals surface area (Å²) in [5.41, 5.74) is 3.19. The van der Waals surface area contributed by atoms with Crippen LogP contribution in [0.15, 0.2) is 35.5 Å². The molecule has 6 heteroatoms. The molecule has 0 saturated heterocycles. The van der Waals surface area contributed by atoms with Gasteiger partial charge in [0.1, 0.15) is 17.8 Å². The fraction of sp³-hybridized carbons (Fsp3) is 0.727. The van der Waals surface area contributed by atoms with Crippen molar-refractivity contribution < 1.29 is 28.6 Å². The second kappa shape index (κ2) is 12.9. The smallest absolute Gasteiger partial charge is 0.303 e. The molecule has 3 rings (SSSR count). The molecule has 0 bridgehead atoms. The number of hydrogen-bond donors (Lipinski definition) is 0. The van der Waals surface area contributed by atoms with Crippen molar-refractivity contribution in [1.29, 1.82) is 0 Å². The van der Waals surface area contributed by atoms with Crippen LogP contribution >= 0.6 is 0 Å². The van der Waals surface area contributed by atoms with E-state index in [0.29, 0.717) is 30.6 Å². The molecule has 0 spiro atoms. The lowest BCUT2D eigenvalue weighted by Crippen LogP contribution is -2.36. The number of hydrogen-bond acceptors (Lipinski definition) is 6. The quantitative estimate of drug-likeness (QED) is 0.223. The lowest BCUT2D eigenvalue weighted by atomic mass is 9.60. The van der Waals surface area contributed by atoms with Crippen molar-refractivity contribution in [3.8, 4) is 0 Å². The Morgan fingerprint density at radius 3 is 2.41 bits per heavy atom. The van der Waals surface area contributed by atoms with Gasteiger partial charge in [0.15, 0.2) is 0 Å². The summed E-state index contributed by atoms with van der Waals surface area (Å²) < 4.78 is 16.5. The molecule has 0 aromatic rings. The Morgan fingerprint density at radius 1 is 1.08 bits per heavy atom. The van der Waals surface area contributed by atoms with Crippen molar-refractivity contribution in [2.45, 2.75) is 130 Å². The van der Waals surface area contributed by atoms with Crippen LogP contribution in [0, 0.1) is 23.2 Å². The normalized spacial score (nSPS) is 32.0. The zero-order valence-corrected chi connectivity index (χ0v) is 25.3. The molecular formula is C33H50O6. The lowest BCUT2D eigenvalue weighted by Gasteiger charge is -2.44. The summed E-state index contributed by atoms with van der Waals surface area (Å²) in [4.78, 5) is 34.7. The van der Waals surface area contributed by atoms with Crippen LogP contribution in [0.5, 0.6) is 0 Å². The van der Waals surface area contributed by atoms with Gasteiger partial charge in [-0.2, -0.15) is 0 Å². The van der Waals surface area contributed by atoms with E-state index in [1.54, 1.807) is 0 Å². The first-order chi connectivity index (χ1) is 18.2. The fourth-order valence-corrected chi connectivity index (χ4v) is 7.78. The van der Waals surface area contributed by atoms with Crippen LogP contribution < -0.4 is 0 Å². The Morgan fingerprint density at radius 2 is 1.77 bits per heavy atom. The van der Waals surface area contributed by atoms with Gasteiger partial charge < -0.3 is 14.2 Å². The molecule has 6 atom stereocenters. The van der Waals surface area contributed by atoms with Crippen molar-refractivity contribution in [3.63, 3.8) is 0 Å². The van der Waals surface area contributed by atoms with Crippen molar-refractivity contribution in [2.24, 2.45) is 23.2 Å². The zero-order chi connectivity index (χ0) is 29.0. The molecule has 0 N–H and O–H groups in total. The highest BCUT2D eigenvalue weighted by molar-refractivity contribution is 5.67. The lowest BCUT2D eigenvalue weighted by molar-refractivity contribution is -0.155. The number of allylic oxidation sites excluding steroid dienone is 3. The predicted molar refractivity (Wildman–Crippen MR) is 153 cm³/mol. The summed E-state index contributed by atoms with van der Waals surface area (Å²) in [5.74, 6) is 0.983. The standard InChI is InChI=1S/C33H50O6/c1-21(11-9-17-32(6,7)39-25(5)36)29-15-16-30-26(12-10-18-33(29,30)8)13-14-27-19-28(37-23(3)34)20-31(22(27)2)38-24(4)35/h13-14,21,28-31H,2,9-12,15-20H2,1,3-8H3/b26-13+,27-14-/t21-,28-,29-,30+,31+,33-/m1/s1. The molecule has 0 aromatic carbocycles. The molecule has 0 radical (unpaired) electrons. The van der Waals surface area contributed by atoms with Gasteiger partial charge in [-0.25, -0.2) is 0 Å². The molecule has 0 heterocycles. The first kappa shape index (κ1) is 31.2. The number of esters is 3. The van der Waals surface area contributed by atoms with Crippen LogP contribution in [0.4, 0.5) is 0 Å². The summed E-state index contributed by atoms with van der Waals surface area (Å²) in [6, 6.07) is 0. The van der Waals surface area contributed by atoms with Crippen LogP contribution in [0.25, 0.3) is 0 Å². The number of carbonyl (C=O) groups is 3. The maximum absolute atomic E-state index is 11.7. The van der Waals surface area contributed by atoms with Crippen molar-refractivity contribution in [1.82, 2.24) is 0 Å². The third-order valence-corrected chi connectivity index (χ3v) is 9.45. The van der Waals surface area contributed by atoms with E-state index in [9.17, 15) is 14.4 Å². The van der Waals surface area contributed by atoms with Crippen LogP contribution in [0.1, 0.15) is 113 Å². The van der Waals surface area contributed by atoms with Crippen LogP contribution in [0.3, 0.4) is 0 Å². The second-order valence-corrected chi connectivity index (χ2v) is 13.0. The van der Waals surface area contributed by atoms with Crippen LogP contribution in [-0.2, 0) is 28.6 Å². The molecule has 0 amide bonds. The Kier molecular flexibility index (Phi) is 10.3. The zero-order valence-electron chi connectivity index (χ0n) is 25.3. The Labute approximate surface area is 235 Å². The molecule has 3 aliphatic rings. The average Bonchev–Trinajstić information content (AvgIpc) is 3.16. The number of carbonyl (C=O) groups excluding carboxylic acids is 3. The highest BCUT2D eigenvalue weighted by Crippen LogP contribution is 2.60. The second-order valence-electron chi connectivity index (χ2n) is 13.0. The molecule has 3 saturated carbocycles. The van der Waals surface area contributed by atoms with Crippen LogP contribution in [0.2, 0.25) is 0 Å². The number of ether oxygens (including phenoxy) is 3. The SMILES string of the molecule is C=C1/C(=C\C=C2/CCC[C@]3(C)[C@@H]([C@H](C)CCCC(C)(C)OC(C)=O)CC[C@@H]23)C[C@@H](OC(C)=O)C[C@@H]1OC(C)=O. The summed E-state index contributed by atoms with van der Waals surface area (Å²) in [7, 11) is 0. The van der Waals surface area contributed by atoms with Gasteiger partial charge in [-0.05, 0) is 93.1 Å². The van der Waals surface area contributed by atoms with E-state index in [1.165, 1.54) is 52.0 Å². The van der Waals surface area contributed by atoms with Gasteiger partial charge in [-0.15, -0.1) is 0 Å². The summed E-state index contributed by atoms with van der Waals surface area (Å²) in [5, 5.41) is 0. The third kappa shape index (κ3) is 8.08. The maximum atomic E-state index is 11.7. The largest absolute Gasteiger partial charge is 0.462 e.